The van der Waals surface area contributed by atoms with Crippen LogP contribution in [-0.2, 0) is 0 Å². The van der Waals surface area contributed by atoms with E-state index in [2.05, 4.69) is 0 Å². The number of nitrogens with two attached hydrogens (primary N) is 1. The van der Waals surface area contributed by atoms with E-state index in [0.29, 0.717) is 6.42 Å². The molecule has 0 fully saturated rings. The summed E-state index contributed by atoms with van der Waals surface area (Å²) >= 11 is 7.17. The first-order valence-corrected chi connectivity index (χ1v) is 4.55. The van der Waals surface area contributed by atoms with E-state index in [1.165, 1.54) is 11.3 Å². The largest absolute Gasteiger partial charge is 0.396 e. The quantitative estimate of drug-likeness (QED) is 0.765. The Morgan fingerprint density at radius 1 is 1.64 bits per heavy atom. The molecule has 0 aliphatic heterocycles. The molecule has 1 heterocycles. The van der Waals surface area contributed by atoms with Crippen LogP contribution < -0.4 is 5.73 Å². The fourth-order valence-corrected chi connectivity index (χ4v) is 1.91. The summed E-state index contributed by atoms with van der Waals surface area (Å²) in [6.07, 6.45) is 0.594. The lowest BCUT2D eigenvalue weighted by atomic mass is 10.2. The van der Waals surface area contributed by atoms with Gasteiger partial charge in [0.2, 0.25) is 0 Å². The molecule has 0 saturated heterocycles. The summed E-state index contributed by atoms with van der Waals surface area (Å²) in [4.78, 5) is 1.03. The smallest absolute Gasteiger partial charge is 0.0931 e. The van der Waals surface area contributed by atoms with Gasteiger partial charge in [-0.15, -0.1) is 11.3 Å². The Hall–Kier alpha value is -0.0900. The van der Waals surface area contributed by atoms with Gasteiger partial charge < -0.3 is 10.8 Å². The van der Waals surface area contributed by atoms with Crippen LogP contribution >= 0.6 is 22.9 Å². The average molecular weight is 192 g/mol. The molecule has 0 bridgehead atoms. The van der Waals surface area contributed by atoms with Crippen molar-refractivity contribution in [1.29, 1.82) is 0 Å². The van der Waals surface area contributed by atoms with Crippen LogP contribution in [0.5, 0.6) is 0 Å². The molecule has 1 atom stereocenters. The van der Waals surface area contributed by atoms with Crippen LogP contribution in [0, 0.1) is 0 Å². The van der Waals surface area contributed by atoms with Gasteiger partial charge >= 0.3 is 0 Å². The predicted molar refractivity (Wildman–Crippen MR) is 48.0 cm³/mol. The fourth-order valence-electron chi connectivity index (χ4n) is 0.809. The van der Waals surface area contributed by atoms with Crippen molar-refractivity contribution in [2.75, 3.05) is 6.61 Å². The van der Waals surface area contributed by atoms with Crippen molar-refractivity contribution < 1.29 is 5.11 Å². The summed E-state index contributed by atoms with van der Waals surface area (Å²) in [6, 6.07) is 3.64. The number of thiophene rings is 1. The van der Waals surface area contributed by atoms with Crippen molar-refractivity contribution in [3.63, 3.8) is 0 Å². The number of aliphatic hydroxyl groups excluding tert-OH is 1. The number of rotatable bonds is 3. The molecule has 1 aromatic heterocycles. The van der Waals surface area contributed by atoms with Crippen molar-refractivity contribution >= 4 is 22.9 Å². The van der Waals surface area contributed by atoms with Gasteiger partial charge in [-0.2, -0.15) is 0 Å². The molecule has 0 aliphatic carbocycles. The second-order valence-electron chi connectivity index (χ2n) is 2.26. The molecule has 0 aromatic carbocycles. The SMILES string of the molecule is NC(CCO)c1ccc(Cl)s1. The van der Waals surface area contributed by atoms with Gasteiger partial charge in [-0.05, 0) is 18.6 Å². The van der Waals surface area contributed by atoms with Crippen molar-refractivity contribution in [2.45, 2.75) is 12.5 Å². The van der Waals surface area contributed by atoms with E-state index in [0.717, 1.165) is 9.21 Å². The van der Waals surface area contributed by atoms with Crippen LogP contribution in [0.15, 0.2) is 12.1 Å². The number of halogens is 1. The van der Waals surface area contributed by atoms with Gasteiger partial charge in [0.15, 0.2) is 0 Å². The summed E-state index contributed by atoms with van der Waals surface area (Å²) in [6.45, 7) is 0.122. The average Bonchev–Trinajstić information content (AvgIpc) is 2.36. The molecule has 0 amide bonds. The Morgan fingerprint density at radius 3 is 2.82 bits per heavy atom. The molecular formula is C7H10ClNOS. The molecule has 4 heteroatoms. The van der Waals surface area contributed by atoms with Crippen LogP contribution in [-0.4, -0.2) is 11.7 Å². The third-order valence-electron chi connectivity index (χ3n) is 1.40. The molecule has 11 heavy (non-hydrogen) atoms. The molecular weight excluding hydrogens is 182 g/mol. The van der Waals surface area contributed by atoms with Gasteiger partial charge in [0, 0.05) is 17.5 Å². The summed E-state index contributed by atoms with van der Waals surface area (Å²) in [5.41, 5.74) is 5.71. The third kappa shape index (κ3) is 2.45. The second kappa shape index (κ2) is 4.07. The predicted octanol–water partition coefficient (Wildman–Crippen LogP) is 1.78. The van der Waals surface area contributed by atoms with Crippen LogP contribution in [0.1, 0.15) is 17.3 Å². The zero-order valence-electron chi connectivity index (χ0n) is 5.96. The molecule has 0 aliphatic rings. The lowest BCUT2D eigenvalue weighted by Crippen LogP contribution is -2.09. The molecule has 1 unspecified atom stereocenters. The minimum atomic E-state index is -0.0718. The number of hydrogen-bond acceptors (Lipinski definition) is 3. The Bertz CT molecular complexity index is 226. The zero-order chi connectivity index (χ0) is 8.27. The highest BCUT2D eigenvalue weighted by Crippen LogP contribution is 2.26. The Balaban J connectivity index is 2.60. The van der Waals surface area contributed by atoms with E-state index in [1.54, 1.807) is 0 Å². The maximum Gasteiger partial charge on any atom is 0.0931 e. The first-order valence-electron chi connectivity index (χ1n) is 3.35. The number of hydrogen-bond donors (Lipinski definition) is 2. The molecule has 62 valence electrons. The Labute approximate surface area is 74.6 Å². The molecule has 1 rings (SSSR count). The normalized spacial score (nSPS) is 13.4. The van der Waals surface area contributed by atoms with E-state index in [4.69, 9.17) is 22.4 Å². The summed E-state index contributed by atoms with van der Waals surface area (Å²) < 4.78 is 0.744. The van der Waals surface area contributed by atoms with E-state index < -0.39 is 0 Å². The van der Waals surface area contributed by atoms with Crippen LogP contribution in [0.4, 0.5) is 0 Å². The van der Waals surface area contributed by atoms with Crippen LogP contribution in [0.2, 0.25) is 4.34 Å². The van der Waals surface area contributed by atoms with Gasteiger partial charge in [-0.1, -0.05) is 11.6 Å². The molecule has 0 spiro atoms. The van der Waals surface area contributed by atoms with Crippen LogP contribution in [0.25, 0.3) is 0 Å². The highest BCUT2D eigenvalue weighted by Gasteiger charge is 2.06. The topological polar surface area (TPSA) is 46.2 Å². The highest BCUT2D eigenvalue weighted by atomic mass is 35.5. The van der Waals surface area contributed by atoms with E-state index >= 15 is 0 Å². The monoisotopic (exact) mass is 191 g/mol. The lowest BCUT2D eigenvalue weighted by molar-refractivity contribution is 0.277. The van der Waals surface area contributed by atoms with Gasteiger partial charge in [0.1, 0.15) is 0 Å². The van der Waals surface area contributed by atoms with E-state index in [9.17, 15) is 0 Å². The first-order chi connectivity index (χ1) is 5.24. The number of aliphatic hydroxyl groups is 1. The fraction of sp³-hybridized carbons (Fsp3) is 0.429. The van der Waals surface area contributed by atoms with Crippen molar-refractivity contribution in [2.24, 2.45) is 5.73 Å². The Kier molecular flexibility index (Phi) is 3.33. The highest BCUT2D eigenvalue weighted by molar-refractivity contribution is 7.16. The van der Waals surface area contributed by atoms with Crippen molar-refractivity contribution in [3.05, 3.63) is 21.3 Å². The Morgan fingerprint density at radius 2 is 2.36 bits per heavy atom. The van der Waals surface area contributed by atoms with E-state index in [1.807, 2.05) is 12.1 Å². The van der Waals surface area contributed by atoms with Crippen LogP contribution in [0.3, 0.4) is 0 Å². The van der Waals surface area contributed by atoms with Gasteiger partial charge in [-0.25, -0.2) is 0 Å². The molecule has 0 radical (unpaired) electrons. The van der Waals surface area contributed by atoms with E-state index in [-0.39, 0.29) is 12.6 Å². The van der Waals surface area contributed by atoms with Crippen molar-refractivity contribution in [1.82, 2.24) is 0 Å². The first kappa shape index (κ1) is 9.00. The molecule has 0 saturated carbocycles. The van der Waals surface area contributed by atoms with Gasteiger partial charge in [0.05, 0.1) is 4.34 Å². The van der Waals surface area contributed by atoms with Gasteiger partial charge in [-0.3, -0.25) is 0 Å². The standard InChI is InChI=1S/C7H10ClNOS/c8-7-2-1-6(11-7)5(9)3-4-10/h1-2,5,10H,3-4,9H2. The van der Waals surface area contributed by atoms with Crippen molar-refractivity contribution in [3.8, 4) is 0 Å². The lowest BCUT2D eigenvalue weighted by Gasteiger charge is -2.05. The minimum Gasteiger partial charge on any atom is -0.396 e. The molecule has 2 nitrogen and oxygen atoms in total. The van der Waals surface area contributed by atoms with Gasteiger partial charge in [0.25, 0.3) is 0 Å². The summed E-state index contributed by atoms with van der Waals surface area (Å²) in [5, 5.41) is 8.60. The third-order valence-corrected chi connectivity index (χ3v) is 2.76. The molecule has 3 N–H and O–H groups in total. The zero-order valence-corrected chi connectivity index (χ0v) is 7.53. The minimum absolute atomic E-state index is 0.0718. The second-order valence-corrected chi connectivity index (χ2v) is 4.01. The molecule has 1 aromatic rings. The summed E-state index contributed by atoms with van der Waals surface area (Å²) in [7, 11) is 0. The maximum absolute atomic E-state index is 8.60. The maximum atomic E-state index is 8.60. The summed E-state index contributed by atoms with van der Waals surface area (Å²) in [5.74, 6) is 0.